The lowest BCUT2D eigenvalue weighted by Gasteiger charge is -2.25. The van der Waals surface area contributed by atoms with E-state index >= 15 is 0 Å². The van der Waals surface area contributed by atoms with Gasteiger partial charge in [-0.05, 0) is 50.1 Å². The van der Waals surface area contributed by atoms with E-state index < -0.39 is 0 Å². The summed E-state index contributed by atoms with van der Waals surface area (Å²) in [5.41, 5.74) is 1.89. The largest absolute Gasteiger partial charge is 0.378 e. The first-order chi connectivity index (χ1) is 10.2. The monoisotopic (exact) mass is 306 g/mol. The van der Waals surface area contributed by atoms with Crippen LogP contribution in [0.15, 0.2) is 4.52 Å². The highest BCUT2D eigenvalue weighted by Gasteiger charge is 2.26. The van der Waals surface area contributed by atoms with Crippen LogP contribution in [-0.2, 0) is 0 Å². The van der Waals surface area contributed by atoms with Gasteiger partial charge in [-0.15, -0.1) is 0 Å². The second kappa shape index (κ2) is 6.13. The molecule has 3 rings (SSSR count). The number of aryl methyl sites for hydroxylation is 1. The van der Waals surface area contributed by atoms with E-state index in [9.17, 15) is 0 Å². The average molecular weight is 306 g/mol. The molecule has 21 heavy (non-hydrogen) atoms. The van der Waals surface area contributed by atoms with Crippen molar-refractivity contribution in [3.8, 4) is 11.5 Å². The Morgan fingerprint density at radius 1 is 1.29 bits per heavy atom. The van der Waals surface area contributed by atoms with Gasteiger partial charge in [0.2, 0.25) is 0 Å². The summed E-state index contributed by atoms with van der Waals surface area (Å²) in [5, 5.41) is 8.36. The van der Waals surface area contributed by atoms with E-state index in [1.54, 1.807) is 0 Å². The van der Waals surface area contributed by atoms with Gasteiger partial charge in [-0.2, -0.15) is 9.36 Å². The molecule has 1 saturated carbocycles. The Labute approximate surface area is 129 Å². The third kappa shape index (κ3) is 2.81. The Kier molecular flexibility index (Phi) is 4.24. The molecule has 5 nitrogen and oxygen atoms in total. The van der Waals surface area contributed by atoms with Crippen LogP contribution in [0, 0.1) is 12.8 Å². The summed E-state index contributed by atoms with van der Waals surface area (Å²) in [5.74, 6) is 2.80. The highest BCUT2D eigenvalue weighted by molar-refractivity contribution is 7.10. The Balaban J connectivity index is 1.79. The SMILES string of the molecule is CCC1CCC(c2noc(-c3c(C)nsc3NC)n2)CC1. The number of hydrogen-bond donors (Lipinski definition) is 1. The number of aromatic nitrogens is 3. The Morgan fingerprint density at radius 3 is 2.71 bits per heavy atom. The average Bonchev–Trinajstić information content (AvgIpc) is 3.13. The lowest BCUT2D eigenvalue weighted by Crippen LogP contribution is -2.13. The van der Waals surface area contributed by atoms with Gasteiger partial charge in [0.25, 0.3) is 5.89 Å². The highest BCUT2D eigenvalue weighted by Crippen LogP contribution is 2.38. The molecule has 2 aromatic heterocycles. The van der Waals surface area contributed by atoms with Crippen LogP contribution in [0.25, 0.3) is 11.5 Å². The molecular weight excluding hydrogens is 284 g/mol. The van der Waals surface area contributed by atoms with E-state index in [2.05, 4.69) is 26.8 Å². The number of hydrogen-bond acceptors (Lipinski definition) is 6. The first kappa shape index (κ1) is 14.5. The summed E-state index contributed by atoms with van der Waals surface area (Å²) in [6, 6.07) is 0. The lowest BCUT2D eigenvalue weighted by molar-refractivity contribution is 0.305. The normalized spacial score (nSPS) is 22.4. The summed E-state index contributed by atoms with van der Waals surface area (Å²) in [6.45, 7) is 4.26. The predicted molar refractivity (Wildman–Crippen MR) is 84.7 cm³/mol. The standard InChI is InChI=1S/C15H22N4OS/c1-4-10-5-7-11(8-6-10)13-17-14(20-18-13)12-9(2)19-21-15(12)16-3/h10-11,16H,4-8H2,1-3H3. The number of anilines is 1. The minimum atomic E-state index is 0.454. The minimum Gasteiger partial charge on any atom is -0.378 e. The van der Waals surface area contributed by atoms with Gasteiger partial charge in [0.1, 0.15) is 5.00 Å². The van der Waals surface area contributed by atoms with Gasteiger partial charge in [0, 0.05) is 13.0 Å². The maximum absolute atomic E-state index is 5.50. The molecule has 0 bridgehead atoms. The van der Waals surface area contributed by atoms with Crippen molar-refractivity contribution in [3.05, 3.63) is 11.5 Å². The van der Waals surface area contributed by atoms with Crippen molar-refractivity contribution in [3.63, 3.8) is 0 Å². The van der Waals surface area contributed by atoms with Crippen LogP contribution in [-0.4, -0.2) is 21.6 Å². The van der Waals surface area contributed by atoms with Crippen molar-refractivity contribution in [1.82, 2.24) is 14.5 Å². The first-order valence-electron chi connectivity index (χ1n) is 7.70. The molecule has 1 aliphatic rings. The van der Waals surface area contributed by atoms with E-state index in [1.807, 2.05) is 14.0 Å². The number of rotatable bonds is 4. The fraction of sp³-hybridized carbons (Fsp3) is 0.667. The molecule has 0 aromatic carbocycles. The molecule has 0 saturated heterocycles. The Bertz CT molecular complexity index is 599. The zero-order chi connectivity index (χ0) is 14.8. The summed E-state index contributed by atoms with van der Waals surface area (Å²) < 4.78 is 9.86. The topological polar surface area (TPSA) is 63.8 Å². The lowest BCUT2D eigenvalue weighted by atomic mass is 9.80. The molecule has 0 spiro atoms. The van der Waals surface area contributed by atoms with Crippen LogP contribution >= 0.6 is 11.5 Å². The van der Waals surface area contributed by atoms with Crippen molar-refractivity contribution < 1.29 is 4.52 Å². The van der Waals surface area contributed by atoms with Crippen LogP contribution in [0.3, 0.4) is 0 Å². The molecule has 0 amide bonds. The number of nitrogens with zero attached hydrogens (tertiary/aromatic N) is 3. The third-order valence-corrected chi connectivity index (χ3v) is 5.49. The molecule has 2 heterocycles. The van der Waals surface area contributed by atoms with Crippen LogP contribution in [0.2, 0.25) is 0 Å². The zero-order valence-corrected chi connectivity index (χ0v) is 13.7. The molecule has 114 valence electrons. The maximum atomic E-state index is 5.50. The van der Waals surface area contributed by atoms with Crippen molar-refractivity contribution in [2.24, 2.45) is 5.92 Å². The van der Waals surface area contributed by atoms with E-state index in [4.69, 9.17) is 4.52 Å². The molecule has 1 N–H and O–H groups in total. The maximum Gasteiger partial charge on any atom is 0.262 e. The third-order valence-electron chi connectivity index (χ3n) is 4.53. The molecule has 6 heteroatoms. The van der Waals surface area contributed by atoms with E-state index in [0.29, 0.717) is 11.8 Å². The summed E-state index contributed by atoms with van der Waals surface area (Å²) in [6.07, 6.45) is 6.21. The fourth-order valence-corrected chi connectivity index (χ4v) is 3.86. The molecule has 0 atom stereocenters. The minimum absolute atomic E-state index is 0.454. The quantitative estimate of drug-likeness (QED) is 0.916. The summed E-state index contributed by atoms with van der Waals surface area (Å²) >= 11 is 1.43. The smallest absolute Gasteiger partial charge is 0.262 e. The van der Waals surface area contributed by atoms with Crippen LogP contribution in [0.5, 0.6) is 0 Å². The second-order valence-electron chi connectivity index (χ2n) is 5.81. The Morgan fingerprint density at radius 2 is 2.05 bits per heavy atom. The van der Waals surface area contributed by atoms with Gasteiger partial charge >= 0.3 is 0 Å². The number of nitrogens with one attached hydrogen (secondary N) is 1. The van der Waals surface area contributed by atoms with Crippen LogP contribution in [0.4, 0.5) is 5.00 Å². The van der Waals surface area contributed by atoms with Crippen LogP contribution in [0.1, 0.15) is 56.5 Å². The molecule has 0 aliphatic heterocycles. The predicted octanol–water partition coefficient (Wildman–Crippen LogP) is 4.23. The van der Waals surface area contributed by atoms with Gasteiger partial charge < -0.3 is 9.84 Å². The second-order valence-corrected chi connectivity index (χ2v) is 6.58. The van der Waals surface area contributed by atoms with Gasteiger partial charge in [0.05, 0.1) is 11.3 Å². The van der Waals surface area contributed by atoms with Gasteiger partial charge in [-0.3, -0.25) is 0 Å². The van der Waals surface area contributed by atoms with Crippen molar-refractivity contribution in [2.75, 3.05) is 12.4 Å². The molecule has 0 unspecified atom stereocenters. The van der Waals surface area contributed by atoms with Gasteiger partial charge in [-0.1, -0.05) is 18.5 Å². The zero-order valence-electron chi connectivity index (χ0n) is 12.8. The van der Waals surface area contributed by atoms with Gasteiger partial charge in [-0.25, -0.2) is 0 Å². The molecule has 2 aromatic rings. The first-order valence-corrected chi connectivity index (χ1v) is 8.48. The summed E-state index contributed by atoms with van der Waals surface area (Å²) in [7, 11) is 1.89. The van der Waals surface area contributed by atoms with Crippen molar-refractivity contribution in [2.45, 2.75) is 51.9 Å². The Hall–Kier alpha value is -1.43. The fourth-order valence-electron chi connectivity index (χ4n) is 3.12. The molecule has 1 aliphatic carbocycles. The molecular formula is C15H22N4OS. The highest BCUT2D eigenvalue weighted by atomic mass is 32.1. The van der Waals surface area contributed by atoms with E-state index in [0.717, 1.165) is 28.0 Å². The van der Waals surface area contributed by atoms with E-state index in [-0.39, 0.29) is 0 Å². The molecule has 0 radical (unpaired) electrons. The molecule has 1 fully saturated rings. The van der Waals surface area contributed by atoms with Crippen molar-refractivity contribution >= 4 is 16.5 Å². The van der Waals surface area contributed by atoms with Crippen LogP contribution < -0.4 is 5.32 Å². The van der Waals surface area contributed by atoms with E-state index in [1.165, 1.54) is 43.6 Å². The summed E-state index contributed by atoms with van der Waals surface area (Å²) in [4.78, 5) is 4.65. The van der Waals surface area contributed by atoms with Gasteiger partial charge in [0.15, 0.2) is 5.82 Å². The van der Waals surface area contributed by atoms with Crippen molar-refractivity contribution in [1.29, 1.82) is 0 Å².